The zero-order chi connectivity index (χ0) is 15.2. The third-order valence-electron chi connectivity index (χ3n) is 4.32. The molecule has 0 saturated carbocycles. The number of aromatic amines is 1. The Morgan fingerprint density at radius 2 is 2.05 bits per heavy atom. The van der Waals surface area contributed by atoms with Crippen LogP contribution in [0.1, 0.15) is 29.6 Å². The van der Waals surface area contributed by atoms with Gasteiger partial charge in [-0.2, -0.15) is 4.37 Å². The Morgan fingerprint density at radius 3 is 2.77 bits per heavy atom. The molecule has 1 aromatic heterocycles. The van der Waals surface area contributed by atoms with Crippen LogP contribution in [0.3, 0.4) is 0 Å². The molecule has 4 rings (SSSR count). The summed E-state index contributed by atoms with van der Waals surface area (Å²) in [5, 5.41) is 3.30. The molecule has 114 valence electrons. The third-order valence-corrected chi connectivity index (χ3v) is 4.86. The smallest absolute Gasteiger partial charge is 0.323 e. The molecule has 0 bridgehead atoms. The van der Waals surface area contributed by atoms with Gasteiger partial charge in [-0.05, 0) is 31.3 Å². The second-order valence-electron chi connectivity index (χ2n) is 5.79. The summed E-state index contributed by atoms with van der Waals surface area (Å²) in [6, 6.07) is 5.40. The fraction of sp³-hybridized carbons (Fsp3) is 0.400. The molecule has 0 aliphatic carbocycles. The standard InChI is InChI=1S/C15H15N3O3S/c19-11-8-15(3-5-16-6-4-15)21-12-2-1-9(7-10(11)12)13-17-14(20)22-18-13/h1-2,7,16H,3-6,8H2,(H,17,18,20). The predicted octanol–water partition coefficient (Wildman–Crippen LogP) is 1.59. The Balaban J connectivity index is 1.71. The minimum absolute atomic E-state index is 0.0996. The number of H-pyrrole nitrogens is 1. The summed E-state index contributed by atoms with van der Waals surface area (Å²) in [5.74, 6) is 1.23. The van der Waals surface area contributed by atoms with Crippen molar-refractivity contribution in [3.63, 3.8) is 0 Å². The molecule has 1 spiro atoms. The number of hydrogen-bond acceptors (Lipinski definition) is 6. The number of carbonyl (C=O) groups is 1. The summed E-state index contributed by atoms with van der Waals surface area (Å²) in [5.41, 5.74) is 0.956. The molecular formula is C15H15N3O3S. The van der Waals surface area contributed by atoms with E-state index in [0.717, 1.165) is 43.0 Å². The van der Waals surface area contributed by atoms with Crippen molar-refractivity contribution in [2.45, 2.75) is 24.9 Å². The summed E-state index contributed by atoms with van der Waals surface area (Å²) in [6.45, 7) is 1.75. The molecule has 0 unspecified atom stereocenters. The second kappa shape index (κ2) is 5.03. The van der Waals surface area contributed by atoms with E-state index in [-0.39, 0.29) is 16.3 Å². The maximum atomic E-state index is 12.6. The van der Waals surface area contributed by atoms with E-state index in [4.69, 9.17) is 4.74 Å². The Bertz CT molecular complexity index is 789. The van der Waals surface area contributed by atoms with Crippen molar-refractivity contribution in [3.05, 3.63) is 33.4 Å². The Hall–Kier alpha value is -1.99. The Kier molecular flexibility index (Phi) is 3.12. The number of fused-ring (bicyclic) bond motifs is 1. The van der Waals surface area contributed by atoms with Gasteiger partial charge in [-0.1, -0.05) is 0 Å². The van der Waals surface area contributed by atoms with Crippen molar-refractivity contribution in [1.82, 2.24) is 14.7 Å². The van der Waals surface area contributed by atoms with Crippen LogP contribution in [0.15, 0.2) is 23.0 Å². The van der Waals surface area contributed by atoms with Gasteiger partial charge in [0.25, 0.3) is 0 Å². The first-order valence-corrected chi connectivity index (χ1v) is 8.06. The number of Topliss-reactive ketones (excluding diaryl/α,β-unsaturated/α-hetero) is 1. The first-order chi connectivity index (χ1) is 10.7. The lowest BCUT2D eigenvalue weighted by atomic mass is 9.83. The highest BCUT2D eigenvalue weighted by atomic mass is 32.1. The Labute approximate surface area is 130 Å². The molecule has 1 fully saturated rings. The topological polar surface area (TPSA) is 84.1 Å². The average Bonchev–Trinajstić information content (AvgIpc) is 2.94. The first-order valence-electron chi connectivity index (χ1n) is 7.29. The van der Waals surface area contributed by atoms with E-state index in [1.807, 2.05) is 12.1 Å². The van der Waals surface area contributed by atoms with E-state index >= 15 is 0 Å². The molecule has 3 heterocycles. The van der Waals surface area contributed by atoms with E-state index in [2.05, 4.69) is 14.7 Å². The summed E-state index contributed by atoms with van der Waals surface area (Å²) in [7, 11) is 0. The van der Waals surface area contributed by atoms with E-state index in [0.29, 0.717) is 23.6 Å². The van der Waals surface area contributed by atoms with Crippen molar-refractivity contribution in [1.29, 1.82) is 0 Å². The summed E-state index contributed by atoms with van der Waals surface area (Å²) >= 11 is 0.871. The number of nitrogens with one attached hydrogen (secondary N) is 2. The van der Waals surface area contributed by atoms with Gasteiger partial charge in [-0.15, -0.1) is 0 Å². The number of piperidine rings is 1. The number of rotatable bonds is 1. The third kappa shape index (κ3) is 2.26. The largest absolute Gasteiger partial charge is 0.486 e. The van der Waals surface area contributed by atoms with Crippen LogP contribution in [0.4, 0.5) is 0 Å². The van der Waals surface area contributed by atoms with Crippen molar-refractivity contribution >= 4 is 17.3 Å². The van der Waals surface area contributed by atoms with Gasteiger partial charge in [0.15, 0.2) is 11.6 Å². The monoisotopic (exact) mass is 317 g/mol. The molecule has 2 aliphatic heterocycles. The maximum absolute atomic E-state index is 12.6. The van der Waals surface area contributed by atoms with Crippen LogP contribution < -0.4 is 14.9 Å². The fourth-order valence-electron chi connectivity index (χ4n) is 3.16. The molecule has 22 heavy (non-hydrogen) atoms. The maximum Gasteiger partial charge on any atom is 0.323 e. The van der Waals surface area contributed by atoms with Gasteiger partial charge in [0.2, 0.25) is 0 Å². The highest BCUT2D eigenvalue weighted by Crippen LogP contribution is 2.39. The second-order valence-corrected chi connectivity index (χ2v) is 6.53. The lowest BCUT2D eigenvalue weighted by Crippen LogP contribution is -2.49. The fourth-order valence-corrected chi connectivity index (χ4v) is 3.62. The molecule has 2 N–H and O–H groups in total. The molecule has 0 radical (unpaired) electrons. The number of hydrogen-bond donors (Lipinski definition) is 2. The zero-order valence-electron chi connectivity index (χ0n) is 11.8. The van der Waals surface area contributed by atoms with Gasteiger partial charge in [-0.3, -0.25) is 14.6 Å². The lowest BCUT2D eigenvalue weighted by Gasteiger charge is -2.40. The van der Waals surface area contributed by atoms with Gasteiger partial charge in [0, 0.05) is 29.9 Å². The number of nitrogens with zero attached hydrogens (tertiary/aromatic N) is 1. The van der Waals surface area contributed by atoms with Crippen molar-refractivity contribution < 1.29 is 9.53 Å². The summed E-state index contributed by atoms with van der Waals surface area (Å²) in [6.07, 6.45) is 2.11. The minimum atomic E-state index is -0.355. The van der Waals surface area contributed by atoms with Crippen LogP contribution in [0.2, 0.25) is 0 Å². The first kappa shape index (κ1) is 13.7. The van der Waals surface area contributed by atoms with E-state index in [1.165, 1.54) is 0 Å². The van der Waals surface area contributed by atoms with E-state index in [9.17, 15) is 9.59 Å². The Morgan fingerprint density at radius 1 is 1.23 bits per heavy atom. The number of ether oxygens (including phenoxy) is 1. The summed E-state index contributed by atoms with van der Waals surface area (Å²) < 4.78 is 10.2. The quantitative estimate of drug-likeness (QED) is 0.834. The molecule has 6 nitrogen and oxygen atoms in total. The lowest BCUT2D eigenvalue weighted by molar-refractivity contribution is 0.0188. The van der Waals surface area contributed by atoms with Crippen LogP contribution in [0.25, 0.3) is 11.4 Å². The SMILES string of the molecule is O=C1CC2(CCNCC2)Oc2ccc(-c3nsc(=O)[nH]3)cc21. The van der Waals surface area contributed by atoms with Crippen LogP contribution in [-0.2, 0) is 0 Å². The van der Waals surface area contributed by atoms with Crippen LogP contribution >= 0.6 is 11.5 Å². The van der Waals surface area contributed by atoms with Gasteiger partial charge in [0.05, 0.1) is 12.0 Å². The minimum Gasteiger partial charge on any atom is -0.486 e. The molecule has 7 heteroatoms. The van der Waals surface area contributed by atoms with E-state index < -0.39 is 0 Å². The zero-order valence-corrected chi connectivity index (χ0v) is 12.7. The van der Waals surface area contributed by atoms with Crippen molar-refractivity contribution in [3.8, 4) is 17.1 Å². The van der Waals surface area contributed by atoms with Gasteiger partial charge in [0.1, 0.15) is 11.4 Å². The molecule has 0 atom stereocenters. The van der Waals surface area contributed by atoms with Crippen LogP contribution in [0.5, 0.6) is 5.75 Å². The van der Waals surface area contributed by atoms with Gasteiger partial charge in [-0.25, -0.2) is 0 Å². The number of benzene rings is 1. The van der Waals surface area contributed by atoms with Crippen LogP contribution in [0, 0.1) is 0 Å². The molecule has 1 saturated heterocycles. The predicted molar refractivity (Wildman–Crippen MR) is 82.6 cm³/mol. The highest BCUT2D eigenvalue weighted by molar-refractivity contribution is 7.03. The number of ketones is 1. The molecule has 2 aromatic rings. The normalized spacial score (nSPS) is 19.7. The molecule has 0 amide bonds. The van der Waals surface area contributed by atoms with Crippen LogP contribution in [-0.4, -0.2) is 33.8 Å². The van der Waals surface area contributed by atoms with Crippen molar-refractivity contribution in [2.24, 2.45) is 0 Å². The number of aromatic nitrogens is 2. The molecule has 1 aromatic carbocycles. The average molecular weight is 317 g/mol. The number of carbonyl (C=O) groups excluding carboxylic acids is 1. The molecule has 2 aliphatic rings. The highest BCUT2D eigenvalue weighted by Gasteiger charge is 2.41. The summed E-state index contributed by atoms with van der Waals surface area (Å²) in [4.78, 5) is 26.2. The van der Waals surface area contributed by atoms with Crippen molar-refractivity contribution in [2.75, 3.05) is 13.1 Å². The van der Waals surface area contributed by atoms with E-state index in [1.54, 1.807) is 6.07 Å². The van der Waals surface area contributed by atoms with Gasteiger partial charge < -0.3 is 10.1 Å². The van der Waals surface area contributed by atoms with Gasteiger partial charge >= 0.3 is 4.87 Å². The molecular weight excluding hydrogens is 302 g/mol.